The number of hydrogen-bond acceptors (Lipinski definition) is 12. The fourth-order valence-electron chi connectivity index (χ4n) is 5.62. The summed E-state index contributed by atoms with van der Waals surface area (Å²) in [5.41, 5.74) is -0.945. The van der Waals surface area contributed by atoms with Crippen molar-refractivity contribution < 1.29 is 43.3 Å². The van der Waals surface area contributed by atoms with Gasteiger partial charge in [0.1, 0.15) is 28.3 Å². The zero-order valence-electron chi connectivity index (χ0n) is 33.1. The molecule has 2 amide bonds. The van der Waals surface area contributed by atoms with Crippen LogP contribution in [0.3, 0.4) is 0 Å². The van der Waals surface area contributed by atoms with E-state index in [2.05, 4.69) is 15.3 Å². The second-order valence-electron chi connectivity index (χ2n) is 15.2. The first kappa shape index (κ1) is 45.5. The summed E-state index contributed by atoms with van der Waals surface area (Å²) in [5.74, 6) is 0.679. The first-order valence-electron chi connectivity index (χ1n) is 18.4. The molecule has 3 N–H and O–H groups in total. The third-order valence-corrected chi connectivity index (χ3v) is 8.35. The quantitative estimate of drug-likeness (QED) is 0.331. The Morgan fingerprint density at radius 3 is 1.83 bits per heavy atom. The van der Waals surface area contributed by atoms with Crippen molar-refractivity contribution in [3.63, 3.8) is 0 Å². The van der Waals surface area contributed by atoms with Crippen LogP contribution in [-0.4, -0.2) is 118 Å². The summed E-state index contributed by atoms with van der Waals surface area (Å²) < 4.78 is 16.7. The van der Waals surface area contributed by atoms with E-state index in [4.69, 9.17) is 19.3 Å². The van der Waals surface area contributed by atoms with Crippen LogP contribution in [-0.2, 0) is 14.3 Å². The van der Waals surface area contributed by atoms with E-state index in [1.807, 2.05) is 41.5 Å². The van der Waals surface area contributed by atoms with Crippen molar-refractivity contribution in [1.29, 1.82) is 0 Å². The maximum Gasteiger partial charge on any atom is 0.410 e. The first-order valence-corrected chi connectivity index (χ1v) is 18.4. The standard InChI is InChI=1S/C17H22N2O4.C10H17NO3.C7H7NO2.C4H9N.CH4O/c1-16(2,3)23-15(21)19-8-5-17(6-9-19)10-13(20)12-11-18-7-4-14(12)22-17;1-10(2,3)14-9(13)11-6-4-8(12)5-7-11;1-5(9)6-4-8-3-2-7(6)10;1-2-4-5-3-1;1-2/h4,7,11H,5-6,8-10H2,1-3H3;4-7H2,1-3H3;2-4H,1H3,(H,8,10);5H,1-4H2;2H,1H3. The lowest BCUT2D eigenvalue weighted by molar-refractivity contribution is -0.121. The second kappa shape index (κ2) is 21.3. The van der Waals surface area contributed by atoms with Gasteiger partial charge in [0, 0.05) is 89.8 Å². The third kappa shape index (κ3) is 15.8. The van der Waals surface area contributed by atoms with E-state index in [0.717, 1.165) is 7.11 Å². The Bertz CT molecular complexity index is 1580. The van der Waals surface area contributed by atoms with E-state index < -0.39 is 16.8 Å². The summed E-state index contributed by atoms with van der Waals surface area (Å²) in [5, 5.41) is 10.2. The fourth-order valence-corrected chi connectivity index (χ4v) is 5.62. The molecule has 3 fully saturated rings. The molecular formula is C39H59N5O10. The number of rotatable bonds is 1. The van der Waals surface area contributed by atoms with Gasteiger partial charge in [-0.2, -0.15) is 0 Å². The van der Waals surface area contributed by atoms with E-state index in [1.54, 1.807) is 28.3 Å². The molecule has 4 aliphatic rings. The number of aromatic nitrogens is 2. The number of ketones is 3. The monoisotopic (exact) mass is 757 g/mol. The van der Waals surface area contributed by atoms with Crippen LogP contribution in [0.5, 0.6) is 5.75 Å². The lowest BCUT2D eigenvalue weighted by Gasteiger charge is -2.43. The topological polar surface area (TPSA) is 198 Å². The summed E-state index contributed by atoms with van der Waals surface area (Å²) in [4.78, 5) is 78.3. The van der Waals surface area contributed by atoms with Crippen molar-refractivity contribution in [3.8, 4) is 5.75 Å². The van der Waals surface area contributed by atoms with Gasteiger partial charge in [-0.1, -0.05) is 0 Å². The number of Topliss-reactive ketones (excluding diaryl/α,β-unsaturated/α-hetero) is 3. The number of nitrogens with one attached hydrogen (secondary N) is 2. The minimum atomic E-state index is -0.510. The summed E-state index contributed by atoms with van der Waals surface area (Å²) in [6.07, 6.45) is 10.7. The van der Waals surface area contributed by atoms with Gasteiger partial charge in [-0.05, 0) is 80.5 Å². The number of likely N-dealkylation sites (tertiary alicyclic amines) is 2. The molecule has 0 bridgehead atoms. The van der Waals surface area contributed by atoms with E-state index in [-0.39, 0.29) is 40.5 Å². The van der Waals surface area contributed by atoms with Crippen molar-refractivity contribution in [1.82, 2.24) is 25.1 Å². The zero-order valence-corrected chi connectivity index (χ0v) is 33.1. The Labute approximate surface area is 318 Å². The number of pyridine rings is 2. The number of piperidine rings is 2. The summed E-state index contributed by atoms with van der Waals surface area (Å²) in [6.45, 7) is 17.0. The summed E-state index contributed by atoms with van der Waals surface area (Å²) in [6, 6.07) is 3.06. The van der Waals surface area contributed by atoms with E-state index in [9.17, 15) is 28.8 Å². The Balaban J connectivity index is 0.000000276. The molecule has 15 heteroatoms. The van der Waals surface area contributed by atoms with Gasteiger partial charge in [-0.25, -0.2) is 9.59 Å². The number of carbonyl (C=O) groups is 5. The van der Waals surface area contributed by atoms with Gasteiger partial charge < -0.3 is 39.4 Å². The number of amides is 2. The number of H-pyrrole nitrogens is 1. The highest BCUT2D eigenvalue weighted by molar-refractivity contribution is 6.00. The zero-order chi connectivity index (χ0) is 40.5. The lowest BCUT2D eigenvalue weighted by Crippen LogP contribution is -2.53. The molecule has 0 atom stereocenters. The highest BCUT2D eigenvalue weighted by atomic mass is 16.6. The first-order chi connectivity index (χ1) is 25.4. The molecule has 0 unspecified atom stereocenters. The van der Waals surface area contributed by atoms with Crippen LogP contribution in [0.15, 0.2) is 41.7 Å². The number of carbonyl (C=O) groups excluding carboxylic acids is 5. The van der Waals surface area contributed by atoms with Crippen molar-refractivity contribution in [2.45, 2.75) is 110 Å². The van der Waals surface area contributed by atoms with Crippen LogP contribution < -0.4 is 15.5 Å². The molecule has 0 saturated carbocycles. The summed E-state index contributed by atoms with van der Waals surface area (Å²) >= 11 is 0. The van der Waals surface area contributed by atoms with Crippen molar-refractivity contribution in [2.24, 2.45) is 0 Å². The highest BCUT2D eigenvalue weighted by Gasteiger charge is 2.44. The Hall–Kier alpha value is -4.63. The maximum atomic E-state index is 12.3. The average Bonchev–Trinajstić information content (AvgIpc) is 3.70. The van der Waals surface area contributed by atoms with Gasteiger partial charge in [-0.15, -0.1) is 0 Å². The molecule has 300 valence electrons. The molecule has 6 rings (SSSR count). The van der Waals surface area contributed by atoms with E-state index in [0.29, 0.717) is 69.6 Å². The number of aliphatic hydroxyl groups is 1. The maximum absolute atomic E-state index is 12.3. The van der Waals surface area contributed by atoms with Crippen molar-refractivity contribution >= 4 is 29.5 Å². The largest absolute Gasteiger partial charge is 0.486 e. The van der Waals surface area contributed by atoms with Crippen molar-refractivity contribution in [3.05, 3.63) is 58.3 Å². The van der Waals surface area contributed by atoms with Gasteiger partial charge in [-0.3, -0.25) is 24.2 Å². The molecule has 4 aliphatic heterocycles. The molecular weight excluding hydrogens is 698 g/mol. The lowest BCUT2D eigenvalue weighted by atomic mass is 9.83. The number of aromatic amines is 1. The molecule has 0 radical (unpaired) electrons. The Morgan fingerprint density at radius 2 is 1.39 bits per heavy atom. The normalized spacial score (nSPS) is 17.3. The molecule has 54 heavy (non-hydrogen) atoms. The number of nitrogens with zero attached hydrogens (tertiary/aromatic N) is 3. The molecule has 3 saturated heterocycles. The van der Waals surface area contributed by atoms with Gasteiger partial charge in [0.25, 0.3) is 0 Å². The molecule has 15 nitrogen and oxygen atoms in total. The number of fused-ring (bicyclic) bond motifs is 1. The van der Waals surface area contributed by atoms with E-state index >= 15 is 0 Å². The Kier molecular flexibility index (Phi) is 18.0. The van der Waals surface area contributed by atoms with Crippen LogP contribution in [0.4, 0.5) is 9.59 Å². The fraction of sp³-hybridized carbons (Fsp3) is 0.615. The molecule has 1 spiro atoms. The number of hydrogen-bond donors (Lipinski definition) is 3. The highest BCUT2D eigenvalue weighted by Crippen LogP contribution is 2.39. The predicted molar refractivity (Wildman–Crippen MR) is 203 cm³/mol. The predicted octanol–water partition coefficient (Wildman–Crippen LogP) is 4.96. The third-order valence-electron chi connectivity index (χ3n) is 8.35. The van der Waals surface area contributed by atoms with Gasteiger partial charge >= 0.3 is 12.2 Å². The van der Waals surface area contributed by atoms with Gasteiger partial charge in [0.15, 0.2) is 17.0 Å². The minimum absolute atomic E-state index is 0.0602. The SMILES string of the molecule is C1CCNC1.CC(=O)c1c[nH]ccc1=O.CC(C)(C)OC(=O)N1CCC(=O)CC1.CC(C)(C)OC(=O)N1CCC2(CC1)CC(=O)c1cnccc1O2.CO. The minimum Gasteiger partial charge on any atom is -0.486 e. The van der Waals surface area contributed by atoms with Crippen LogP contribution >= 0.6 is 0 Å². The van der Waals surface area contributed by atoms with Crippen LogP contribution in [0.2, 0.25) is 0 Å². The Morgan fingerprint density at radius 1 is 0.852 bits per heavy atom. The van der Waals surface area contributed by atoms with Gasteiger partial charge in [0.2, 0.25) is 0 Å². The molecule has 2 aromatic heterocycles. The molecule has 2 aromatic rings. The van der Waals surface area contributed by atoms with Crippen LogP contribution in [0.1, 0.15) is 114 Å². The van der Waals surface area contributed by atoms with Crippen molar-refractivity contribution in [2.75, 3.05) is 46.4 Å². The van der Waals surface area contributed by atoms with Crippen LogP contribution in [0, 0.1) is 0 Å². The average molecular weight is 758 g/mol. The number of aliphatic hydroxyl groups excluding tert-OH is 1. The van der Waals surface area contributed by atoms with Crippen LogP contribution in [0.25, 0.3) is 0 Å². The summed E-state index contributed by atoms with van der Waals surface area (Å²) in [7, 11) is 1.00. The van der Waals surface area contributed by atoms with Gasteiger partial charge in [0.05, 0.1) is 17.5 Å². The molecule has 6 heterocycles. The second-order valence-corrected chi connectivity index (χ2v) is 15.2. The van der Waals surface area contributed by atoms with E-state index in [1.165, 1.54) is 51.3 Å². The molecule has 0 aromatic carbocycles. The number of ether oxygens (including phenoxy) is 3. The smallest absolute Gasteiger partial charge is 0.410 e. The molecule has 0 aliphatic carbocycles.